The Kier molecular flexibility index (Phi) is 9.86. The van der Waals surface area contributed by atoms with E-state index in [1.807, 2.05) is 71.9 Å². The third-order valence-electron chi connectivity index (χ3n) is 10.8. The first kappa shape index (κ1) is 35.5. The van der Waals surface area contributed by atoms with E-state index in [1.165, 1.54) is 18.2 Å². The van der Waals surface area contributed by atoms with Crippen molar-refractivity contribution < 1.29 is 23.5 Å². The summed E-state index contributed by atoms with van der Waals surface area (Å²) in [4.78, 5) is 44.6. The second-order valence-electron chi connectivity index (χ2n) is 13.5. The molecule has 258 valence electrons. The Morgan fingerprint density at radius 2 is 1.27 bits per heavy atom. The van der Waals surface area contributed by atoms with Gasteiger partial charge in [-0.3, -0.25) is 4.79 Å². The molecule has 2 fully saturated rings. The summed E-state index contributed by atoms with van der Waals surface area (Å²) in [5.74, 6) is -0.666. The van der Waals surface area contributed by atoms with Crippen LogP contribution in [0, 0.1) is 51.2 Å². The third kappa shape index (κ3) is 6.63. The van der Waals surface area contributed by atoms with Gasteiger partial charge in [0.15, 0.2) is 0 Å². The average Bonchev–Trinajstić information content (AvgIpc) is 3.98. The predicted octanol–water partition coefficient (Wildman–Crippen LogP) is 6.31. The van der Waals surface area contributed by atoms with Crippen LogP contribution in [-0.4, -0.2) is 63.5 Å². The molecule has 6 atom stereocenters. The Morgan fingerprint density at radius 1 is 0.816 bits per heavy atom. The van der Waals surface area contributed by atoms with Gasteiger partial charge in [-0.1, -0.05) is 24.3 Å². The van der Waals surface area contributed by atoms with E-state index in [0.29, 0.717) is 12.2 Å². The summed E-state index contributed by atoms with van der Waals surface area (Å²) in [6, 6.07) is 12.7. The van der Waals surface area contributed by atoms with Crippen LogP contribution in [0.3, 0.4) is 0 Å². The normalized spacial score (nSPS) is 23.4. The lowest BCUT2D eigenvalue weighted by Gasteiger charge is -2.35. The van der Waals surface area contributed by atoms with E-state index >= 15 is 0 Å². The minimum atomic E-state index is -0.846. The summed E-state index contributed by atoms with van der Waals surface area (Å²) in [7, 11) is 3.89. The van der Waals surface area contributed by atoms with Gasteiger partial charge in [0.1, 0.15) is 29.6 Å². The molecule has 2 unspecified atom stereocenters. The quantitative estimate of drug-likeness (QED) is 0.194. The van der Waals surface area contributed by atoms with Crippen LogP contribution in [0.2, 0.25) is 0 Å². The maximum absolute atomic E-state index is 13.8. The van der Waals surface area contributed by atoms with Crippen LogP contribution >= 0.6 is 0 Å². The smallest absolute Gasteiger partial charge is 0.307 e. The minimum absolute atomic E-state index is 0.0134. The summed E-state index contributed by atoms with van der Waals surface area (Å²) in [6.45, 7) is 11.6. The number of hydrogen-bond donors (Lipinski definition) is 1. The van der Waals surface area contributed by atoms with Crippen molar-refractivity contribution in [3.05, 3.63) is 107 Å². The van der Waals surface area contributed by atoms with Gasteiger partial charge in [0.25, 0.3) is 0 Å². The van der Waals surface area contributed by atoms with Gasteiger partial charge in [0, 0.05) is 42.9 Å². The largest absolute Gasteiger partial charge is 0.481 e. The maximum atomic E-state index is 13.8. The first-order valence-electron chi connectivity index (χ1n) is 16.4. The first-order valence-corrected chi connectivity index (χ1v) is 16.4. The van der Waals surface area contributed by atoms with E-state index in [9.17, 15) is 23.5 Å². The number of anilines is 2. The summed E-state index contributed by atoms with van der Waals surface area (Å²) < 4.78 is 27.5. The summed E-state index contributed by atoms with van der Waals surface area (Å²) in [5.41, 5.74) is 4.13. The van der Waals surface area contributed by atoms with E-state index in [1.54, 1.807) is 24.4 Å². The number of aromatic nitrogens is 4. The van der Waals surface area contributed by atoms with Crippen LogP contribution in [0.15, 0.2) is 60.9 Å². The highest BCUT2D eigenvalue weighted by molar-refractivity contribution is 5.78. The molecule has 2 aliphatic rings. The Labute approximate surface area is 286 Å². The highest BCUT2D eigenvalue weighted by Gasteiger charge is 2.64. The van der Waals surface area contributed by atoms with Crippen LogP contribution < -0.4 is 9.80 Å². The molecule has 9 nitrogen and oxygen atoms in total. The molecule has 6 rings (SSSR count). The van der Waals surface area contributed by atoms with E-state index in [-0.39, 0.29) is 35.1 Å². The van der Waals surface area contributed by atoms with Crippen molar-refractivity contribution in [1.29, 1.82) is 0 Å². The van der Waals surface area contributed by atoms with E-state index in [2.05, 4.69) is 31.8 Å². The maximum Gasteiger partial charge on any atom is 0.307 e. The zero-order valence-electron chi connectivity index (χ0n) is 29.3. The van der Waals surface area contributed by atoms with Crippen molar-refractivity contribution in [1.82, 2.24) is 19.9 Å². The fourth-order valence-electron chi connectivity index (χ4n) is 7.65. The lowest BCUT2D eigenvalue weighted by Crippen LogP contribution is -2.42. The molecule has 4 aromatic rings. The number of aliphatic carboxylic acids is 1. The number of rotatable bonds is 10. The SMILES string of the molecule is Cc1ncc(N(C)C(C)[C@@]2(c3cccc(F)c3)C[C@H]2C(=O)O)c(C)n1.Cc1ncc(N(C)C(C)[C@@]2(c3cccc(F)c3)C[C@H]2C=O)c(C)n1. The van der Waals surface area contributed by atoms with Gasteiger partial charge in [0.2, 0.25) is 0 Å². The standard InChI is InChI=1S/C19H22FN3O2.C19H22FN3O/c1-11-17(10-21-13(3)22-11)23(4)12(2)19(9-16(19)18(24)25)14-6-5-7-15(20)8-14;1-12-18(10-21-14(3)22-12)23(4)13(2)19(9-16(19)11-24)15-6-5-7-17(20)8-15/h5-8,10,12,16H,9H2,1-4H3,(H,24,25);5-8,10-11,13,16H,9H2,1-4H3/t12?,16-,19+;13?,16-,19+/m00/s1. The van der Waals surface area contributed by atoms with Crippen molar-refractivity contribution in [2.75, 3.05) is 23.9 Å². The molecule has 2 aromatic carbocycles. The molecule has 0 saturated heterocycles. The van der Waals surface area contributed by atoms with Gasteiger partial charge in [-0.2, -0.15) is 0 Å². The highest BCUT2D eigenvalue weighted by Crippen LogP contribution is 2.59. The second kappa shape index (κ2) is 13.6. The Morgan fingerprint density at radius 3 is 1.63 bits per heavy atom. The molecule has 2 saturated carbocycles. The molecule has 0 amide bonds. The monoisotopic (exact) mass is 670 g/mol. The van der Waals surface area contributed by atoms with Crippen LogP contribution in [0.25, 0.3) is 0 Å². The van der Waals surface area contributed by atoms with Gasteiger partial charge in [0.05, 0.1) is 41.1 Å². The van der Waals surface area contributed by atoms with Gasteiger partial charge in [-0.15, -0.1) is 0 Å². The van der Waals surface area contributed by atoms with Gasteiger partial charge in [-0.25, -0.2) is 28.7 Å². The van der Waals surface area contributed by atoms with Gasteiger partial charge in [-0.05, 0) is 89.8 Å². The number of carboxylic acids is 1. The molecular formula is C38H44F2N6O3. The number of carbonyl (C=O) groups is 2. The highest BCUT2D eigenvalue weighted by atomic mass is 19.1. The van der Waals surface area contributed by atoms with Gasteiger partial charge < -0.3 is 19.7 Å². The van der Waals surface area contributed by atoms with Crippen LogP contribution in [0.4, 0.5) is 20.2 Å². The lowest BCUT2D eigenvalue weighted by molar-refractivity contribution is -0.139. The molecule has 11 heteroatoms. The van der Waals surface area contributed by atoms with Crippen molar-refractivity contribution in [3.8, 4) is 0 Å². The number of aryl methyl sites for hydroxylation is 4. The first-order chi connectivity index (χ1) is 23.2. The van der Waals surface area contributed by atoms with E-state index in [0.717, 1.165) is 52.4 Å². The number of carbonyl (C=O) groups excluding carboxylic acids is 1. The van der Waals surface area contributed by atoms with Crippen LogP contribution in [0.5, 0.6) is 0 Å². The molecule has 2 heterocycles. The molecule has 2 aromatic heterocycles. The number of nitrogens with zero attached hydrogens (tertiary/aromatic N) is 6. The molecule has 49 heavy (non-hydrogen) atoms. The zero-order chi connectivity index (χ0) is 35.8. The fraction of sp³-hybridized carbons (Fsp3) is 0.421. The Hall–Kier alpha value is -4.80. The van der Waals surface area contributed by atoms with E-state index < -0.39 is 17.3 Å². The molecule has 2 aliphatic carbocycles. The van der Waals surface area contributed by atoms with Crippen LogP contribution in [0.1, 0.15) is 60.9 Å². The summed E-state index contributed by atoms with van der Waals surface area (Å²) in [6.07, 6.45) is 5.78. The molecule has 0 bridgehead atoms. The number of hydrogen-bond acceptors (Lipinski definition) is 8. The van der Waals surface area contributed by atoms with Gasteiger partial charge >= 0.3 is 5.97 Å². The molecule has 0 spiro atoms. The van der Waals surface area contributed by atoms with Crippen molar-refractivity contribution in [3.63, 3.8) is 0 Å². The predicted molar refractivity (Wildman–Crippen MR) is 185 cm³/mol. The lowest BCUT2D eigenvalue weighted by atomic mass is 9.85. The minimum Gasteiger partial charge on any atom is -0.481 e. The molecule has 0 aliphatic heterocycles. The molecular weight excluding hydrogens is 626 g/mol. The Bertz CT molecular complexity index is 1870. The fourth-order valence-corrected chi connectivity index (χ4v) is 7.65. The number of halogens is 2. The average molecular weight is 671 g/mol. The Balaban J connectivity index is 0.000000191. The number of carboxylic acid groups (broad SMARTS) is 1. The van der Waals surface area contributed by atoms with Crippen molar-refractivity contribution >= 4 is 23.6 Å². The number of aldehydes is 1. The van der Waals surface area contributed by atoms with E-state index in [4.69, 9.17) is 0 Å². The molecule has 0 radical (unpaired) electrons. The third-order valence-corrected chi connectivity index (χ3v) is 10.8. The van der Waals surface area contributed by atoms with Crippen molar-refractivity contribution in [2.45, 2.75) is 77.3 Å². The zero-order valence-corrected chi connectivity index (χ0v) is 29.3. The van der Waals surface area contributed by atoms with Crippen molar-refractivity contribution in [2.24, 2.45) is 11.8 Å². The van der Waals surface area contributed by atoms with Crippen LogP contribution in [-0.2, 0) is 20.4 Å². The molecule has 1 N–H and O–H groups in total. The second-order valence-corrected chi connectivity index (χ2v) is 13.5. The topological polar surface area (TPSA) is 112 Å². The number of benzene rings is 2. The summed E-state index contributed by atoms with van der Waals surface area (Å²) in [5, 5.41) is 9.57. The number of likely N-dealkylation sites (N-methyl/N-ethyl adjacent to an activating group) is 2. The summed E-state index contributed by atoms with van der Waals surface area (Å²) >= 11 is 0.